The first kappa shape index (κ1) is 55.8. The molecule has 2 aliphatic carbocycles. The summed E-state index contributed by atoms with van der Waals surface area (Å²) in [7, 11) is 0. The zero-order valence-corrected chi connectivity index (χ0v) is 54.6. The standard InChI is InChI=1S/C81H82BN3OS/c1-76(2,3)49-26-32-54(33-27-49)83(55-34-28-50(29-35-55)77(4,5)6)65-39-40-66(74-71(65)59-23-17-19-25-69(59)86-74)85-64-38-30-52(79(10,11)12)45-63(64)82-72-67(46-53(47-68(72)85)80(13,14)15)84(73-60-44-51(78(7,8)9)31-41-70(60)87-75(73)82)56-36-37-58-57-22-16-18-24-61(57)81(62(58)48-56)42-20-21-43-81/h16-19,22-41,44-48H,20-21,42-43H2,1-15H3. The highest BCUT2D eigenvalue weighted by Crippen LogP contribution is 2.59. The lowest BCUT2D eigenvalue weighted by atomic mass is 9.36. The number of fused-ring (bicyclic) bond motifs is 14. The Labute approximate surface area is 521 Å². The van der Waals surface area contributed by atoms with Crippen molar-refractivity contribution in [1.82, 2.24) is 0 Å². The van der Waals surface area contributed by atoms with Gasteiger partial charge in [-0.25, -0.2) is 0 Å². The Hall–Kier alpha value is -7.80. The summed E-state index contributed by atoms with van der Waals surface area (Å²) >= 11 is 2.00. The topological polar surface area (TPSA) is 22.9 Å². The van der Waals surface area contributed by atoms with Gasteiger partial charge in [0, 0.05) is 59.8 Å². The van der Waals surface area contributed by atoms with E-state index in [2.05, 4.69) is 294 Å². The van der Waals surface area contributed by atoms with Crippen LogP contribution in [0.4, 0.5) is 51.2 Å². The number of hydrogen-bond acceptors (Lipinski definition) is 5. The number of nitrogens with zero attached hydrogens (tertiary/aromatic N) is 3. The van der Waals surface area contributed by atoms with Crippen LogP contribution in [0.15, 0.2) is 180 Å². The van der Waals surface area contributed by atoms with Crippen molar-refractivity contribution in [3.05, 3.63) is 215 Å². The van der Waals surface area contributed by atoms with E-state index in [4.69, 9.17) is 4.42 Å². The molecule has 11 aromatic rings. The van der Waals surface area contributed by atoms with E-state index in [1.54, 1.807) is 0 Å². The van der Waals surface area contributed by atoms with Gasteiger partial charge in [0.2, 0.25) is 0 Å². The molecule has 2 aliphatic heterocycles. The van der Waals surface area contributed by atoms with Crippen LogP contribution in [0.1, 0.15) is 168 Å². The molecule has 1 saturated carbocycles. The smallest absolute Gasteiger partial charge is 0.264 e. The molecule has 0 N–H and O–H groups in total. The Morgan fingerprint density at radius 2 is 1.01 bits per heavy atom. The lowest BCUT2D eigenvalue weighted by Gasteiger charge is -2.44. The lowest BCUT2D eigenvalue weighted by molar-refractivity contribution is 0.550. The number of hydrogen-bond donors (Lipinski definition) is 0. The van der Waals surface area contributed by atoms with Gasteiger partial charge in [-0.15, -0.1) is 11.3 Å². The van der Waals surface area contributed by atoms with Gasteiger partial charge in [-0.2, -0.15) is 0 Å². The molecule has 15 rings (SSSR count). The molecule has 0 atom stereocenters. The highest BCUT2D eigenvalue weighted by Gasteiger charge is 2.49. The fraction of sp³-hybridized carbons (Fsp3) is 0.309. The Balaban J connectivity index is 1.03. The maximum Gasteiger partial charge on any atom is 0.264 e. The molecule has 0 unspecified atom stereocenters. The van der Waals surface area contributed by atoms with E-state index >= 15 is 0 Å². The summed E-state index contributed by atoms with van der Waals surface area (Å²) in [6, 6.07) is 68.8. The number of benzene rings is 9. The minimum absolute atomic E-state index is 0.00559. The molecule has 436 valence electrons. The first-order valence-corrected chi connectivity index (χ1v) is 32.8. The fourth-order valence-corrected chi connectivity index (χ4v) is 16.6. The Kier molecular flexibility index (Phi) is 12.2. The highest BCUT2D eigenvalue weighted by molar-refractivity contribution is 7.33. The van der Waals surface area contributed by atoms with Gasteiger partial charge < -0.3 is 19.1 Å². The van der Waals surface area contributed by atoms with Crippen LogP contribution in [0.2, 0.25) is 0 Å². The maximum atomic E-state index is 7.49. The lowest BCUT2D eigenvalue weighted by Crippen LogP contribution is -2.60. The molecule has 0 bridgehead atoms. The predicted molar refractivity (Wildman–Crippen MR) is 376 cm³/mol. The van der Waals surface area contributed by atoms with Crippen molar-refractivity contribution < 1.29 is 4.42 Å². The minimum atomic E-state index is -0.206. The normalized spacial score (nSPS) is 15.4. The van der Waals surface area contributed by atoms with Gasteiger partial charge in [0.1, 0.15) is 5.58 Å². The quantitative estimate of drug-likeness (QED) is 0.160. The van der Waals surface area contributed by atoms with E-state index in [1.807, 2.05) is 11.3 Å². The van der Waals surface area contributed by atoms with E-state index in [1.165, 1.54) is 130 Å². The van der Waals surface area contributed by atoms with Crippen molar-refractivity contribution >= 4 is 117 Å². The van der Waals surface area contributed by atoms with Crippen LogP contribution in [0.3, 0.4) is 0 Å². The molecule has 87 heavy (non-hydrogen) atoms. The summed E-state index contributed by atoms with van der Waals surface area (Å²) in [5.41, 5.74) is 27.0. The zero-order valence-electron chi connectivity index (χ0n) is 53.8. The van der Waals surface area contributed by atoms with Crippen LogP contribution in [-0.4, -0.2) is 6.71 Å². The molecule has 1 fully saturated rings. The number of thiophene rings is 1. The third-order valence-electron chi connectivity index (χ3n) is 20.2. The molecule has 0 amide bonds. The number of rotatable bonds is 5. The first-order chi connectivity index (χ1) is 41.3. The Morgan fingerprint density at radius 3 is 1.66 bits per heavy atom. The van der Waals surface area contributed by atoms with Crippen LogP contribution in [0.5, 0.6) is 0 Å². The first-order valence-electron chi connectivity index (χ1n) is 32.0. The predicted octanol–water partition coefficient (Wildman–Crippen LogP) is 21.7. The molecule has 4 heterocycles. The second-order valence-electron chi connectivity index (χ2n) is 31.0. The van der Waals surface area contributed by atoms with E-state index < -0.39 is 0 Å². The molecule has 1 spiro atoms. The SMILES string of the molecule is CC(C)(C)c1ccc(N(c2ccc(C(C)(C)C)cc2)c2ccc(N3c4ccc(C(C)(C)C)cc4B4c5sc6ccc(C(C)(C)C)cc6c5N(c5ccc6c(c5)C5(CCCC5)c5ccccc5-6)c5cc(C(C)(C)C)cc3c54)c3oc4ccccc4c23)cc1. The Bertz CT molecular complexity index is 4550. The van der Waals surface area contributed by atoms with Crippen molar-refractivity contribution in [2.45, 2.75) is 162 Å². The molecular weight excluding hydrogens is 1070 g/mol. The van der Waals surface area contributed by atoms with Crippen LogP contribution < -0.4 is 30.4 Å². The van der Waals surface area contributed by atoms with Gasteiger partial charge in [-0.05, 0) is 186 Å². The van der Waals surface area contributed by atoms with Crippen LogP contribution in [0.25, 0.3) is 43.2 Å². The summed E-state index contributed by atoms with van der Waals surface area (Å²) in [6.07, 6.45) is 4.86. The molecule has 4 nitrogen and oxygen atoms in total. The molecule has 0 saturated heterocycles. The molecule has 4 aliphatic rings. The maximum absolute atomic E-state index is 7.49. The average molecular weight is 1160 g/mol. The largest absolute Gasteiger partial charge is 0.454 e. The van der Waals surface area contributed by atoms with Gasteiger partial charge >= 0.3 is 0 Å². The van der Waals surface area contributed by atoms with Gasteiger partial charge in [0.05, 0.1) is 22.4 Å². The third-order valence-corrected chi connectivity index (χ3v) is 21.4. The van der Waals surface area contributed by atoms with E-state index in [0.717, 1.165) is 44.7 Å². The fourth-order valence-electron chi connectivity index (χ4n) is 15.3. The molecular formula is C81H82BN3OS. The van der Waals surface area contributed by atoms with E-state index in [0.29, 0.717) is 0 Å². The Morgan fingerprint density at radius 1 is 0.460 bits per heavy atom. The summed E-state index contributed by atoms with van der Waals surface area (Å²) in [5, 5.41) is 3.50. The van der Waals surface area contributed by atoms with Crippen LogP contribution in [0, 0.1) is 0 Å². The molecule has 0 radical (unpaired) electrons. The zero-order chi connectivity index (χ0) is 60.6. The molecule has 2 aromatic heterocycles. The summed E-state index contributed by atoms with van der Waals surface area (Å²) < 4.78 is 10.2. The third kappa shape index (κ3) is 8.64. The van der Waals surface area contributed by atoms with Crippen molar-refractivity contribution in [1.29, 1.82) is 0 Å². The van der Waals surface area contributed by atoms with Crippen molar-refractivity contribution in [3.63, 3.8) is 0 Å². The van der Waals surface area contributed by atoms with Crippen molar-refractivity contribution in [2.24, 2.45) is 0 Å². The summed E-state index contributed by atoms with van der Waals surface area (Å²) in [4.78, 5) is 7.81. The van der Waals surface area contributed by atoms with E-state index in [9.17, 15) is 0 Å². The minimum Gasteiger partial charge on any atom is -0.454 e. The van der Waals surface area contributed by atoms with Gasteiger partial charge in [-0.3, -0.25) is 0 Å². The van der Waals surface area contributed by atoms with Gasteiger partial charge in [-0.1, -0.05) is 208 Å². The second kappa shape index (κ2) is 19.1. The molecule has 6 heteroatoms. The molecule has 9 aromatic carbocycles. The van der Waals surface area contributed by atoms with Crippen LogP contribution >= 0.6 is 11.3 Å². The number of furan rings is 1. The van der Waals surface area contributed by atoms with Crippen molar-refractivity contribution in [2.75, 3.05) is 14.7 Å². The summed E-state index contributed by atoms with van der Waals surface area (Å²) in [5.74, 6) is 0. The number of anilines is 9. The van der Waals surface area contributed by atoms with Gasteiger partial charge in [0.25, 0.3) is 6.71 Å². The van der Waals surface area contributed by atoms with Crippen molar-refractivity contribution in [3.8, 4) is 11.1 Å². The van der Waals surface area contributed by atoms with Gasteiger partial charge in [0.15, 0.2) is 5.58 Å². The highest BCUT2D eigenvalue weighted by atomic mass is 32.1. The summed E-state index contributed by atoms with van der Waals surface area (Å²) in [6.45, 7) is 35.1. The average Bonchev–Trinajstić information content (AvgIpc) is 1.69. The number of para-hydroxylation sites is 1. The van der Waals surface area contributed by atoms with Crippen LogP contribution in [-0.2, 0) is 32.5 Å². The second-order valence-corrected chi connectivity index (χ2v) is 32.1. The van der Waals surface area contributed by atoms with E-state index in [-0.39, 0.29) is 39.2 Å². The monoisotopic (exact) mass is 1160 g/mol.